The molecule has 0 amide bonds. The van der Waals surface area contributed by atoms with Gasteiger partial charge in [-0.2, -0.15) is 0 Å². The topological polar surface area (TPSA) is 66.7 Å². The first-order valence-electron chi connectivity index (χ1n) is 5.60. The van der Waals surface area contributed by atoms with E-state index in [4.69, 9.17) is 5.11 Å². The smallest absolute Gasteiger partial charge is 0.317 e. The molecular formula is C12H16FNO3S. The predicted octanol–water partition coefficient (Wildman–Crippen LogP) is 2.29. The van der Waals surface area contributed by atoms with E-state index in [1.807, 2.05) is 6.92 Å². The summed E-state index contributed by atoms with van der Waals surface area (Å²) in [6.07, 6.45) is 0.708. The van der Waals surface area contributed by atoms with E-state index in [1.165, 1.54) is 24.3 Å². The van der Waals surface area contributed by atoms with Gasteiger partial charge in [0, 0.05) is 6.54 Å². The fourth-order valence-corrected chi connectivity index (χ4v) is 3.33. The lowest BCUT2D eigenvalue weighted by Crippen LogP contribution is -2.17. The molecule has 0 radical (unpaired) electrons. The highest BCUT2D eigenvalue weighted by Crippen LogP contribution is 2.11. The molecule has 18 heavy (non-hydrogen) atoms. The molecule has 1 rings (SSSR count). The highest BCUT2D eigenvalue weighted by atomic mass is 32.2. The Labute approximate surface area is 106 Å². The number of aliphatic carboxylic acids is 1. The lowest BCUT2D eigenvalue weighted by molar-refractivity contribution is -0.134. The summed E-state index contributed by atoms with van der Waals surface area (Å²) >= 11 is 0. The third kappa shape index (κ3) is 4.83. The summed E-state index contributed by atoms with van der Waals surface area (Å²) in [5.74, 6) is -1.96. The Morgan fingerprint density at radius 3 is 2.50 bits per heavy atom. The van der Waals surface area contributed by atoms with Crippen LogP contribution in [0.2, 0.25) is 0 Å². The van der Waals surface area contributed by atoms with Crippen molar-refractivity contribution in [3.05, 3.63) is 35.6 Å². The molecule has 100 valence electrons. The van der Waals surface area contributed by atoms with E-state index < -0.39 is 21.5 Å². The van der Waals surface area contributed by atoms with Crippen LogP contribution >= 0.6 is 0 Å². The summed E-state index contributed by atoms with van der Waals surface area (Å²) < 4.78 is 29.1. The Kier molecular flexibility index (Phi) is 5.27. The molecule has 0 aromatic heterocycles. The van der Waals surface area contributed by atoms with Gasteiger partial charge >= 0.3 is 5.97 Å². The Morgan fingerprint density at radius 2 is 2.00 bits per heavy atom. The maximum absolute atomic E-state index is 12.7. The van der Waals surface area contributed by atoms with Gasteiger partial charge in [0.1, 0.15) is 11.6 Å². The van der Waals surface area contributed by atoms with Gasteiger partial charge in [-0.1, -0.05) is 19.1 Å². The molecule has 1 atom stereocenters. The largest absolute Gasteiger partial charge is 0.481 e. The summed E-state index contributed by atoms with van der Waals surface area (Å²) in [5, 5.41) is 8.77. The number of hydrogen-bond donors (Lipinski definition) is 1. The van der Waals surface area contributed by atoms with Crippen LogP contribution in [-0.2, 0) is 20.3 Å². The molecule has 0 bridgehead atoms. The van der Waals surface area contributed by atoms with Crippen LogP contribution in [0.15, 0.2) is 28.6 Å². The van der Waals surface area contributed by atoms with Gasteiger partial charge < -0.3 is 5.11 Å². The minimum absolute atomic E-state index is 0.0413. The molecule has 0 saturated carbocycles. The van der Waals surface area contributed by atoms with Gasteiger partial charge in [-0.05, 0) is 24.1 Å². The molecule has 1 N–H and O–H groups in total. The molecule has 0 aliphatic heterocycles. The first-order chi connectivity index (χ1) is 8.45. The number of halogens is 1. The molecule has 1 unspecified atom stereocenters. The van der Waals surface area contributed by atoms with Gasteiger partial charge in [-0.15, -0.1) is 0 Å². The van der Waals surface area contributed by atoms with E-state index in [9.17, 15) is 13.4 Å². The molecule has 4 nitrogen and oxygen atoms in total. The second kappa shape index (κ2) is 6.49. The Hall–Kier alpha value is -1.43. The Morgan fingerprint density at radius 1 is 1.39 bits per heavy atom. The van der Waals surface area contributed by atoms with Crippen LogP contribution in [0.25, 0.3) is 0 Å². The summed E-state index contributed by atoms with van der Waals surface area (Å²) in [5.41, 5.74) is 0.627. The zero-order valence-corrected chi connectivity index (χ0v) is 11.0. The fourth-order valence-electron chi connectivity index (χ4n) is 1.43. The molecule has 1 aromatic rings. The van der Waals surface area contributed by atoms with Crippen molar-refractivity contribution in [2.45, 2.75) is 19.1 Å². The monoisotopic (exact) mass is 273 g/mol. The maximum Gasteiger partial charge on any atom is 0.317 e. The fraction of sp³-hybridized carbons (Fsp3) is 0.417. The molecule has 0 aliphatic carbocycles. The highest BCUT2D eigenvalue weighted by Gasteiger charge is 2.15. The lowest BCUT2D eigenvalue weighted by atomic mass is 10.2. The molecule has 0 spiro atoms. The molecule has 6 heteroatoms. The van der Waals surface area contributed by atoms with E-state index in [0.29, 0.717) is 18.5 Å². The first-order valence-corrected chi connectivity index (χ1v) is 7.45. The van der Waals surface area contributed by atoms with Gasteiger partial charge in [0.15, 0.2) is 0 Å². The van der Waals surface area contributed by atoms with E-state index in [0.717, 1.165) is 0 Å². The molecular weight excluding hydrogens is 257 g/mol. The Bertz CT molecular complexity index is 519. The molecule has 0 fully saturated rings. The maximum atomic E-state index is 12.7. The van der Waals surface area contributed by atoms with Crippen LogP contribution in [-0.4, -0.2) is 27.6 Å². The van der Waals surface area contributed by atoms with Gasteiger partial charge in [0.2, 0.25) is 0 Å². The Balaban J connectivity index is 2.95. The number of hydrogen-bond acceptors (Lipinski definition) is 3. The van der Waals surface area contributed by atoms with Crippen LogP contribution < -0.4 is 0 Å². The van der Waals surface area contributed by atoms with Crippen molar-refractivity contribution in [1.29, 1.82) is 0 Å². The summed E-state index contributed by atoms with van der Waals surface area (Å²) in [6.45, 7) is 2.25. The average Bonchev–Trinajstić information content (AvgIpc) is 2.29. The van der Waals surface area contributed by atoms with Crippen LogP contribution in [0.1, 0.15) is 18.9 Å². The summed E-state index contributed by atoms with van der Waals surface area (Å²) in [6, 6.07) is 5.52. The van der Waals surface area contributed by atoms with Gasteiger partial charge in [-0.25, -0.2) is 13.0 Å². The number of carboxylic acids is 1. The van der Waals surface area contributed by atoms with Crippen molar-refractivity contribution < 1.29 is 18.5 Å². The zero-order valence-electron chi connectivity index (χ0n) is 10.1. The lowest BCUT2D eigenvalue weighted by Gasteiger charge is -2.08. The third-order valence-electron chi connectivity index (χ3n) is 2.20. The van der Waals surface area contributed by atoms with Crippen LogP contribution in [0, 0.1) is 5.82 Å². The number of nitrogens with zero attached hydrogens (tertiary/aromatic N) is 1. The van der Waals surface area contributed by atoms with E-state index in [-0.39, 0.29) is 11.6 Å². The number of rotatable bonds is 6. The van der Waals surface area contributed by atoms with Crippen molar-refractivity contribution in [3.8, 4) is 0 Å². The second-order valence-corrected chi connectivity index (χ2v) is 6.31. The minimum Gasteiger partial charge on any atom is -0.481 e. The van der Waals surface area contributed by atoms with Crippen molar-refractivity contribution in [3.63, 3.8) is 0 Å². The number of carboxylic acid groups (broad SMARTS) is 1. The molecule has 1 aromatic carbocycles. The normalized spacial score (nSPS) is 13.9. The molecule has 0 heterocycles. The zero-order chi connectivity index (χ0) is 13.6. The van der Waals surface area contributed by atoms with E-state index >= 15 is 0 Å². The predicted molar refractivity (Wildman–Crippen MR) is 68.3 cm³/mol. The quantitative estimate of drug-likeness (QED) is 0.864. The third-order valence-corrected chi connectivity index (χ3v) is 4.34. The van der Waals surface area contributed by atoms with Crippen molar-refractivity contribution in [2.75, 3.05) is 12.3 Å². The minimum atomic E-state index is -2.81. The molecule has 0 saturated heterocycles. The van der Waals surface area contributed by atoms with Gasteiger partial charge in [0.25, 0.3) is 0 Å². The van der Waals surface area contributed by atoms with Crippen molar-refractivity contribution in [2.24, 2.45) is 4.36 Å². The SMILES string of the molecule is CCCN=S(=O)(CC(=O)O)Cc1ccc(F)cc1. The summed E-state index contributed by atoms with van der Waals surface area (Å²) in [4.78, 5) is 10.7. The van der Waals surface area contributed by atoms with Crippen LogP contribution in [0.4, 0.5) is 4.39 Å². The summed E-state index contributed by atoms with van der Waals surface area (Å²) in [7, 11) is -2.81. The van der Waals surface area contributed by atoms with Gasteiger partial charge in [-0.3, -0.25) is 4.79 Å². The second-order valence-electron chi connectivity index (χ2n) is 3.93. The van der Waals surface area contributed by atoms with Crippen molar-refractivity contribution >= 4 is 15.7 Å². The van der Waals surface area contributed by atoms with Crippen molar-refractivity contribution in [1.82, 2.24) is 0 Å². The molecule has 0 aliphatic rings. The van der Waals surface area contributed by atoms with Gasteiger partial charge in [0.05, 0.1) is 15.5 Å². The average molecular weight is 273 g/mol. The van der Waals surface area contributed by atoms with Crippen LogP contribution in [0.5, 0.6) is 0 Å². The van der Waals surface area contributed by atoms with Crippen LogP contribution in [0.3, 0.4) is 0 Å². The first kappa shape index (κ1) is 14.6. The number of carbonyl (C=O) groups is 1. The van der Waals surface area contributed by atoms with E-state index in [1.54, 1.807) is 0 Å². The number of benzene rings is 1. The van der Waals surface area contributed by atoms with E-state index in [2.05, 4.69) is 4.36 Å². The standard InChI is InChI=1S/C12H16FNO3S/c1-2-7-14-18(17,9-12(15)16)8-10-3-5-11(13)6-4-10/h3-6H,2,7-9H2,1H3,(H,15,16). The highest BCUT2D eigenvalue weighted by molar-refractivity contribution is 7.93.